The summed E-state index contributed by atoms with van der Waals surface area (Å²) < 4.78 is 2.15. The molecule has 0 aliphatic heterocycles. The molecule has 0 aliphatic carbocycles. The molecule has 114 valence electrons. The molecule has 0 saturated heterocycles. The molecule has 3 aromatic heterocycles. The normalized spacial score (nSPS) is 12.0. The minimum absolute atomic E-state index is 0.961. The van der Waals surface area contributed by atoms with Gasteiger partial charge in [0.1, 0.15) is 0 Å². The molecule has 4 rings (SSSR count). The molecule has 0 unspecified atom stereocenters. The van der Waals surface area contributed by atoms with Crippen LogP contribution in [0.3, 0.4) is 0 Å². The van der Waals surface area contributed by atoms with Gasteiger partial charge in [-0.3, -0.25) is 4.40 Å². The predicted octanol–water partition coefficient (Wildman–Crippen LogP) is 5.04. The van der Waals surface area contributed by atoms with Crippen molar-refractivity contribution in [3.8, 4) is 0 Å². The first-order valence-electron chi connectivity index (χ1n) is 7.61. The number of rotatable bonds is 2. The largest absolute Gasteiger partial charge is 0.290 e. The summed E-state index contributed by atoms with van der Waals surface area (Å²) in [5.74, 6) is 0. The van der Waals surface area contributed by atoms with Crippen molar-refractivity contribution in [3.05, 3.63) is 64.1 Å². The van der Waals surface area contributed by atoms with Crippen LogP contribution in [0, 0.1) is 20.8 Å². The predicted molar refractivity (Wildman–Crippen MR) is 98.0 cm³/mol. The molecule has 0 amide bonds. The molecule has 3 heterocycles. The molecule has 0 bridgehead atoms. The standard InChI is InChI=1S/C19H17N3S/c1-12-4-8-17-15(10-12)5-6-16(21-17)7-9-18-14(3)20-19-22(18)11-13(2)23-19/h4-11H,1-3H3/b9-7+. The van der Waals surface area contributed by atoms with E-state index in [-0.39, 0.29) is 0 Å². The zero-order valence-electron chi connectivity index (χ0n) is 13.4. The van der Waals surface area contributed by atoms with E-state index in [0.717, 1.165) is 27.6 Å². The molecule has 0 aliphatic rings. The van der Waals surface area contributed by atoms with Gasteiger partial charge in [-0.15, -0.1) is 11.3 Å². The lowest BCUT2D eigenvalue weighted by Gasteiger charge is -2.00. The molecule has 0 atom stereocenters. The summed E-state index contributed by atoms with van der Waals surface area (Å²) in [5.41, 5.74) is 5.41. The number of benzene rings is 1. The van der Waals surface area contributed by atoms with Gasteiger partial charge in [0.25, 0.3) is 0 Å². The summed E-state index contributed by atoms with van der Waals surface area (Å²) in [5, 5.41) is 1.18. The van der Waals surface area contributed by atoms with Crippen LogP contribution in [0.2, 0.25) is 0 Å². The Kier molecular flexibility index (Phi) is 3.27. The molecule has 0 radical (unpaired) electrons. The number of imidazole rings is 1. The molecule has 0 spiro atoms. The highest BCUT2D eigenvalue weighted by atomic mass is 32.1. The average molecular weight is 319 g/mol. The number of nitrogens with zero attached hydrogens (tertiary/aromatic N) is 3. The number of thiazole rings is 1. The average Bonchev–Trinajstić information content (AvgIpc) is 3.00. The highest BCUT2D eigenvalue weighted by molar-refractivity contribution is 7.17. The topological polar surface area (TPSA) is 30.2 Å². The molecule has 1 aromatic carbocycles. The number of aryl methyl sites for hydroxylation is 3. The van der Waals surface area contributed by atoms with Crippen LogP contribution in [0.25, 0.3) is 28.0 Å². The highest BCUT2D eigenvalue weighted by Crippen LogP contribution is 2.22. The Morgan fingerprint density at radius 3 is 2.74 bits per heavy atom. The van der Waals surface area contributed by atoms with E-state index in [1.165, 1.54) is 15.8 Å². The van der Waals surface area contributed by atoms with E-state index < -0.39 is 0 Å². The minimum atomic E-state index is 0.961. The second-order valence-corrected chi connectivity index (χ2v) is 7.06. The Hall–Kier alpha value is -2.46. The Labute approximate surface area is 139 Å². The Morgan fingerprint density at radius 2 is 1.87 bits per heavy atom. The SMILES string of the molecule is Cc1ccc2nc(/C=C/c3c(C)nc4sc(C)cn34)ccc2c1. The van der Waals surface area contributed by atoms with Crippen LogP contribution in [0.5, 0.6) is 0 Å². The van der Waals surface area contributed by atoms with Crippen molar-refractivity contribution in [1.29, 1.82) is 0 Å². The first kappa shape index (κ1) is 14.2. The fourth-order valence-electron chi connectivity index (χ4n) is 2.80. The van der Waals surface area contributed by atoms with E-state index in [1.807, 2.05) is 6.92 Å². The summed E-state index contributed by atoms with van der Waals surface area (Å²) in [7, 11) is 0. The van der Waals surface area contributed by atoms with E-state index in [4.69, 9.17) is 4.98 Å². The lowest BCUT2D eigenvalue weighted by atomic mass is 10.1. The van der Waals surface area contributed by atoms with Crippen LogP contribution in [-0.2, 0) is 0 Å². The van der Waals surface area contributed by atoms with Gasteiger partial charge in [-0.05, 0) is 51.1 Å². The minimum Gasteiger partial charge on any atom is -0.290 e. The van der Waals surface area contributed by atoms with Crippen LogP contribution in [0.15, 0.2) is 36.5 Å². The third kappa shape index (κ3) is 2.55. The van der Waals surface area contributed by atoms with Gasteiger partial charge in [-0.2, -0.15) is 0 Å². The van der Waals surface area contributed by atoms with E-state index in [2.05, 4.69) is 71.9 Å². The third-order valence-electron chi connectivity index (χ3n) is 3.94. The quantitative estimate of drug-likeness (QED) is 0.518. The first-order chi connectivity index (χ1) is 11.1. The van der Waals surface area contributed by atoms with Crippen LogP contribution in [0.1, 0.15) is 27.5 Å². The van der Waals surface area contributed by atoms with Gasteiger partial charge in [-0.1, -0.05) is 17.7 Å². The lowest BCUT2D eigenvalue weighted by molar-refractivity contribution is 1.18. The summed E-state index contributed by atoms with van der Waals surface area (Å²) in [6.07, 6.45) is 6.29. The number of hydrogen-bond acceptors (Lipinski definition) is 3. The molecule has 0 fully saturated rings. The van der Waals surface area contributed by atoms with Crippen LogP contribution in [0.4, 0.5) is 0 Å². The van der Waals surface area contributed by atoms with Crippen molar-refractivity contribution in [2.24, 2.45) is 0 Å². The molecule has 4 heteroatoms. The maximum Gasteiger partial charge on any atom is 0.194 e. The number of pyridine rings is 1. The number of fused-ring (bicyclic) bond motifs is 2. The van der Waals surface area contributed by atoms with Gasteiger partial charge in [0.05, 0.1) is 22.6 Å². The maximum atomic E-state index is 4.72. The zero-order chi connectivity index (χ0) is 16.0. The molecule has 0 saturated carbocycles. The van der Waals surface area contributed by atoms with Crippen molar-refractivity contribution in [3.63, 3.8) is 0 Å². The van der Waals surface area contributed by atoms with E-state index in [9.17, 15) is 0 Å². The van der Waals surface area contributed by atoms with Gasteiger partial charge in [0, 0.05) is 16.5 Å². The number of aromatic nitrogens is 3. The van der Waals surface area contributed by atoms with Gasteiger partial charge in [0.2, 0.25) is 0 Å². The summed E-state index contributed by atoms with van der Waals surface area (Å²) in [6.45, 7) is 6.25. The van der Waals surface area contributed by atoms with Crippen molar-refractivity contribution < 1.29 is 0 Å². The van der Waals surface area contributed by atoms with Gasteiger partial charge in [0.15, 0.2) is 4.96 Å². The summed E-state index contributed by atoms with van der Waals surface area (Å²) in [4.78, 5) is 11.6. The smallest absolute Gasteiger partial charge is 0.194 e. The van der Waals surface area contributed by atoms with Crippen molar-refractivity contribution >= 4 is 39.4 Å². The molecule has 0 N–H and O–H groups in total. The fourth-order valence-corrected chi connectivity index (χ4v) is 3.68. The third-order valence-corrected chi connectivity index (χ3v) is 4.84. The summed E-state index contributed by atoms with van der Waals surface area (Å²) >= 11 is 1.71. The Bertz CT molecular complexity index is 1050. The molecule has 23 heavy (non-hydrogen) atoms. The van der Waals surface area contributed by atoms with Crippen molar-refractivity contribution in [1.82, 2.24) is 14.4 Å². The highest BCUT2D eigenvalue weighted by Gasteiger charge is 2.08. The van der Waals surface area contributed by atoms with Crippen LogP contribution >= 0.6 is 11.3 Å². The Balaban J connectivity index is 1.75. The van der Waals surface area contributed by atoms with Gasteiger partial charge < -0.3 is 0 Å². The second-order valence-electron chi connectivity index (χ2n) is 5.84. The van der Waals surface area contributed by atoms with Crippen molar-refractivity contribution in [2.45, 2.75) is 20.8 Å². The molecule has 3 nitrogen and oxygen atoms in total. The number of hydrogen-bond donors (Lipinski definition) is 0. The van der Waals surface area contributed by atoms with E-state index >= 15 is 0 Å². The van der Waals surface area contributed by atoms with Crippen LogP contribution in [-0.4, -0.2) is 14.4 Å². The van der Waals surface area contributed by atoms with Crippen molar-refractivity contribution in [2.75, 3.05) is 0 Å². The fraction of sp³-hybridized carbons (Fsp3) is 0.158. The molecular formula is C19H17N3S. The molecule has 4 aromatic rings. The van der Waals surface area contributed by atoms with E-state index in [1.54, 1.807) is 11.3 Å². The van der Waals surface area contributed by atoms with Crippen LogP contribution < -0.4 is 0 Å². The first-order valence-corrected chi connectivity index (χ1v) is 8.42. The maximum absolute atomic E-state index is 4.72. The monoisotopic (exact) mass is 319 g/mol. The molecular weight excluding hydrogens is 302 g/mol. The lowest BCUT2D eigenvalue weighted by Crippen LogP contribution is -1.86. The Morgan fingerprint density at radius 1 is 1.00 bits per heavy atom. The second kappa shape index (κ2) is 5.32. The van der Waals surface area contributed by atoms with Gasteiger partial charge in [-0.25, -0.2) is 9.97 Å². The van der Waals surface area contributed by atoms with Gasteiger partial charge >= 0.3 is 0 Å². The zero-order valence-corrected chi connectivity index (χ0v) is 14.2. The van der Waals surface area contributed by atoms with E-state index in [0.29, 0.717) is 0 Å². The summed E-state index contributed by atoms with van der Waals surface area (Å²) in [6, 6.07) is 10.5.